The molecule has 0 fully saturated rings. The molecule has 1 aliphatic heterocycles. The number of sulfonamides is 1. The summed E-state index contributed by atoms with van der Waals surface area (Å²) in [7, 11) is -2.20. The summed E-state index contributed by atoms with van der Waals surface area (Å²) in [6.45, 7) is 0. The number of ether oxygens (including phenoxy) is 1. The van der Waals surface area contributed by atoms with Gasteiger partial charge in [0.25, 0.3) is 10.0 Å². The van der Waals surface area contributed by atoms with Crippen LogP contribution in [0.3, 0.4) is 0 Å². The highest BCUT2D eigenvalue weighted by atomic mass is 35.5. The summed E-state index contributed by atoms with van der Waals surface area (Å²) in [5, 5.41) is 4.35. The molecule has 0 spiro atoms. The van der Waals surface area contributed by atoms with Crippen LogP contribution in [-0.2, 0) is 10.0 Å². The number of benzene rings is 3. The van der Waals surface area contributed by atoms with Crippen LogP contribution in [0.2, 0.25) is 5.02 Å². The highest BCUT2D eigenvalue weighted by Crippen LogP contribution is 2.51. The van der Waals surface area contributed by atoms with Crippen molar-refractivity contribution in [2.75, 3.05) is 17.1 Å². The van der Waals surface area contributed by atoms with Crippen LogP contribution in [0.5, 0.6) is 5.75 Å². The zero-order valence-corrected chi connectivity index (χ0v) is 19.0. The molecule has 0 radical (unpaired) electrons. The Morgan fingerprint density at radius 3 is 2.69 bits per heavy atom. The molecule has 0 saturated heterocycles. The van der Waals surface area contributed by atoms with Gasteiger partial charge in [-0.2, -0.15) is 0 Å². The van der Waals surface area contributed by atoms with Crippen molar-refractivity contribution in [1.29, 1.82) is 0 Å². The van der Waals surface area contributed by atoms with Gasteiger partial charge in [-0.3, -0.25) is 4.72 Å². The molecule has 1 heterocycles. The Kier molecular flexibility index (Phi) is 5.35. The molecule has 5 rings (SSSR count). The minimum Gasteiger partial charge on any atom is -0.497 e. The van der Waals surface area contributed by atoms with Crippen molar-refractivity contribution in [1.82, 2.24) is 0 Å². The van der Waals surface area contributed by atoms with Gasteiger partial charge in [-0.1, -0.05) is 48.0 Å². The van der Waals surface area contributed by atoms with Gasteiger partial charge in [0.2, 0.25) is 0 Å². The topological polar surface area (TPSA) is 67.4 Å². The molecule has 3 atom stereocenters. The zero-order valence-electron chi connectivity index (χ0n) is 17.5. The molecule has 0 saturated carbocycles. The first-order valence-electron chi connectivity index (χ1n) is 10.4. The Bertz CT molecular complexity index is 1310. The van der Waals surface area contributed by atoms with Crippen molar-refractivity contribution in [2.24, 2.45) is 5.92 Å². The van der Waals surface area contributed by atoms with Gasteiger partial charge in [0, 0.05) is 22.7 Å². The standard InChI is InChI=1S/C25H23ClN2O3S/c1-31-17-7-4-6-16(14-17)28-32(29,30)18-12-13-24-22(15-18)19-9-5-10-20(19)25(27-24)21-8-2-3-11-23(21)26/h2-9,11-15,19-20,25,27-28H,10H2,1H3/t19?,20?,25-/m1/s1. The Hall–Kier alpha value is -2.96. The molecule has 0 amide bonds. The van der Waals surface area contributed by atoms with Gasteiger partial charge in [0.1, 0.15) is 5.75 Å². The molecule has 2 N–H and O–H groups in total. The number of hydrogen-bond donors (Lipinski definition) is 2. The summed E-state index contributed by atoms with van der Waals surface area (Å²) < 4.78 is 34.0. The quantitative estimate of drug-likeness (QED) is 0.454. The number of nitrogens with one attached hydrogen (secondary N) is 2. The van der Waals surface area contributed by atoms with Crippen LogP contribution >= 0.6 is 11.6 Å². The van der Waals surface area contributed by atoms with E-state index in [0.29, 0.717) is 11.4 Å². The fourth-order valence-electron chi connectivity index (χ4n) is 4.68. The summed E-state index contributed by atoms with van der Waals surface area (Å²) in [6, 6.07) is 20.1. The number of hydrogen-bond acceptors (Lipinski definition) is 4. The van der Waals surface area contributed by atoms with Crippen molar-refractivity contribution in [3.05, 3.63) is 95.0 Å². The molecule has 5 nitrogen and oxygen atoms in total. The molecule has 2 aliphatic rings. The Balaban J connectivity index is 1.49. The fourth-order valence-corrected chi connectivity index (χ4v) is 6.01. The molecular formula is C25H23ClN2O3S. The van der Waals surface area contributed by atoms with Crippen LogP contribution in [0, 0.1) is 5.92 Å². The first kappa shape index (κ1) is 20.9. The third kappa shape index (κ3) is 3.74. The lowest BCUT2D eigenvalue weighted by molar-refractivity contribution is 0.415. The minimum absolute atomic E-state index is 0.0635. The van der Waals surface area contributed by atoms with Crippen LogP contribution < -0.4 is 14.8 Å². The summed E-state index contributed by atoms with van der Waals surface area (Å²) in [6.07, 6.45) is 5.26. The fraction of sp³-hybridized carbons (Fsp3) is 0.200. The predicted molar refractivity (Wildman–Crippen MR) is 128 cm³/mol. The highest BCUT2D eigenvalue weighted by molar-refractivity contribution is 7.92. The molecule has 164 valence electrons. The first-order chi connectivity index (χ1) is 15.5. The maximum Gasteiger partial charge on any atom is 0.261 e. The van der Waals surface area contributed by atoms with Gasteiger partial charge >= 0.3 is 0 Å². The molecule has 2 unspecified atom stereocenters. The number of methoxy groups -OCH3 is 1. The van der Waals surface area contributed by atoms with E-state index < -0.39 is 10.0 Å². The van der Waals surface area contributed by atoms with Crippen LogP contribution in [0.25, 0.3) is 0 Å². The van der Waals surface area contributed by atoms with E-state index >= 15 is 0 Å². The van der Waals surface area contributed by atoms with Gasteiger partial charge in [-0.05, 0) is 59.9 Å². The molecule has 0 bridgehead atoms. The van der Waals surface area contributed by atoms with Crippen LogP contribution in [0.4, 0.5) is 11.4 Å². The summed E-state index contributed by atoms with van der Waals surface area (Å²) in [4.78, 5) is 0.233. The van der Waals surface area contributed by atoms with E-state index in [1.807, 2.05) is 24.3 Å². The van der Waals surface area contributed by atoms with Crippen LogP contribution in [0.1, 0.15) is 29.5 Å². The van der Waals surface area contributed by atoms with Gasteiger partial charge in [0.15, 0.2) is 0 Å². The number of fused-ring (bicyclic) bond motifs is 3. The van der Waals surface area contributed by atoms with Crippen molar-refractivity contribution >= 4 is 33.0 Å². The minimum atomic E-state index is -3.75. The molecule has 1 aliphatic carbocycles. The predicted octanol–water partition coefficient (Wildman–Crippen LogP) is 5.98. The Labute approximate surface area is 193 Å². The lowest BCUT2D eigenvalue weighted by Crippen LogP contribution is -2.29. The third-order valence-corrected chi connectivity index (χ3v) is 7.93. The Morgan fingerprint density at radius 2 is 1.88 bits per heavy atom. The smallest absolute Gasteiger partial charge is 0.261 e. The lowest BCUT2D eigenvalue weighted by Gasteiger charge is -2.38. The van der Waals surface area contributed by atoms with E-state index in [9.17, 15) is 8.42 Å². The van der Waals surface area contributed by atoms with E-state index in [-0.39, 0.29) is 22.8 Å². The zero-order chi connectivity index (χ0) is 22.3. The van der Waals surface area contributed by atoms with Crippen molar-refractivity contribution in [2.45, 2.75) is 23.3 Å². The second-order valence-corrected chi connectivity index (χ2v) is 10.2. The summed E-state index contributed by atoms with van der Waals surface area (Å²) in [5.41, 5.74) is 3.44. The lowest BCUT2D eigenvalue weighted by atomic mass is 9.77. The normalized spacial score (nSPS) is 21.4. The van der Waals surface area contributed by atoms with E-state index in [1.165, 1.54) is 0 Å². The van der Waals surface area contributed by atoms with E-state index in [1.54, 1.807) is 43.5 Å². The monoisotopic (exact) mass is 466 g/mol. The number of anilines is 2. The molecular weight excluding hydrogens is 444 g/mol. The largest absolute Gasteiger partial charge is 0.497 e. The van der Waals surface area contributed by atoms with E-state index in [2.05, 4.69) is 28.3 Å². The van der Waals surface area contributed by atoms with Crippen LogP contribution in [0.15, 0.2) is 83.8 Å². The van der Waals surface area contributed by atoms with E-state index in [4.69, 9.17) is 16.3 Å². The maximum absolute atomic E-state index is 13.1. The number of rotatable bonds is 5. The van der Waals surface area contributed by atoms with Gasteiger partial charge in [-0.15, -0.1) is 0 Å². The molecule has 3 aromatic rings. The SMILES string of the molecule is COc1cccc(NS(=O)(=O)c2ccc3c(c2)C2C=CCC2[C@H](c2ccccc2Cl)N3)c1. The van der Waals surface area contributed by atoms with Crippen molar-refractivity contribution in [3.8, 4) is 5.75 Å². The van der Waals surface area contributed by atoms with E-state index in [0.717, 1.165) is 28.3 Å². The molecule has 7 heteroatoms. The summed E-state index contributed by atoms with van der Waals surface area (Å²) >= 11 is 6.50. The highest BCUT2D eigenvalue weighted by Gasteiger charge is 2.39. The number of halogens is 1. The Morgan fingerprint density at radius 1 is 1.03 bits per heavy atom. The van der Waals surface area contributed by atoms with Gasteiger partial charge in [-0.25, -0.2) is 8.42 Å². The number of allylic oxidation sites excluding steroid dienone is 2. The van der Waals surface area contributed by atoms with Gasteiger partial charge < -0.3 is 10.1 Å². The average Bonchev–Trinajstić information content (AvgIpc) is 3.29. The second kappa shape index (κ2) is 8.19. The molecule has 32 heavy (non-hydrogen) atoms. The molecule has 3 aromatic carbocycles. The second-order valence-electron chi connectivity index (χ2n) is 8.08. The average molecular weight is 467 g/mol. The van der Waals surface area contributed by atoms with Crippen molar-refractivity contribution in [3.63, 3.8) is 0 Å². The van der Waals surface area contributed by atoms with Gasteiger partial charge in [0.05, 0.1) is 23.7 Å². The third-order valence-electron chi connectivity index (χ3n) is 6.21. The summed E-state index contributed by atoms with van der Waals surface area (Å²) in [5.74, 6) is 0.982. The molecule has 0 aromatic heterocycles. The maximum atomic E-state index is 13.1. The van der Waals surface area contributed by atoms with Crippen molar-refractivity contribution < 1.29 is 13.2 Å². The first-order valence-corrected chi connectivity index (χ1v) is 12.3. The van der Waals surface area contributed by atoms with Crippen LogP contribution in [-0.4, -0.2) is 15.5 Å².